The molecule has 3 N–H and O–H groups in total. The van der Waals surface area contributed by atoms with Crippen LogP contribution in [-0.2, 0) is 28.9 Å². The zero-order valence-corrected chi connectivity index (χ0v) is 16.6. The normalized spacial score (nSPS) is 19.4. The van der Waals surface area contributed by atoms with E-state index in [2.05, 4.69) is 15.0 Å². The topological polar surface area (TPSA) is 161 Å². The summed E-state index contributed by atoms with van der Waals surface area (Å²) in [6, 6.07) is 0. The Balaban J connectivity index is 2.15. The number of hydroxylamine groups is 2. The van der Waals surface area contributed by atoms with Gasteiger partial charge >= 0.3 is 5.97 Å². The Morgan fingerprint density at radius 3 is 2.62 bits per heavy atom. The molecule has 2 atom stereocenters. The number of amides is 1. The fraction of sp³-hybridized carbons (Fsp3) is 0.500. The molecule has 1 aliphatic rings. The highest BCUT2D eigenvalue weighted by Crippen LogP contribution is 2.40. The van der Waals surface area contributed by atoms with Crippen LogP contribution < -0.4 is 5.73 Å². The summed E-state index contributed by atoms with van der Waals surface area (Å²) in [5, 5.41) is 14.5. The van der Waals surface area contributed by atoms with Crippen molar-refractivity contribution >= 4 is 45.6 Å². The van der Waals surface area contributed by atoms with E-state index in [0.29, 0.717) is 0 Å². The molecule has 13 heteroatoms. The second kappa shape index (κ2) is 8.61. The highest BCUT2D eigenvalue weighted by molar-refractivity contribution is 7.13. The molecule has 0 spiro atoms. The third-order valence-electron chi connectivity index (χ3n) is 4.15. The molecule has 1 unspecified atom stereocenters. The first-order valence-electron chi connectivity index (χ1n) is 8.26. The van der Waals surface area contributed by atoms with Crippen LogP contribution in [0.3, 0.4) is 0 Å². The number of rotatable bonds is 10. The SMILES string of the molecule is CC(=O)C(F)ON1C(=O)[C@@H](CC(=O)/C(=N\OCC(=O)O)c2csc(N)n2)C1(C)C. The maximum absolute atomic E-state index is 13.5. The smallest absolute Gasteiger partial charge is 0.344 e. The summed E-state index contributed by atoms with van der Waals surface area (Å²) in [6.45, 7) is 3.27. The third kappa shape index (κ3) is 4.92. The van der Waals surface area contributed by atoms with Crippen molar-refractivity contribution in [1.29, 1.82) is 0 Å². The number of carbonyl (C=O) groups is 4. The Hall–Kier alpha value is -2.93. The summed E-state index contributed by atoms with van der Waals surface area (Å²) >= 11 is 1.03. The largest absolute Gasteiger partial charge is 0.479 e. The average Bonchev–Trinajstić information content (AvgIpc) is 3.05. The van der Waals surface area contributed by atoms with Crippen molar-refractivity contribution in [1.82, 2.24) is 10.0 Å². The maximum Gasteiger partial charge on any atom is 0.344 e. The lowest BCUT2D eigenvalue weighted by molar-refractivity contribution is -0.299. The maximum atomic E-state index is 13.5. The number of Topliss-reactive ketones (excluding diaryl/α,β-unsaturated/α-hetero) is 2. The summed E-state index contributed by atoms with van der Waals surface area (Å²) in [7, 11) is 0. The van der Waals surface area contributed by atoms with Crippen molar-refractivity contribution in [2.75, 3.05) is 12.3 Å². The number of ketones is 2. The number of aliphatic carboxylic acids is 1. The minimum Gasteiger partial charge on any atom is -0.479 e. The number of nitrogens with zero attached hydrogens (tertiary/aromatic N) is 3. The van der Waals surface area contributed by atoms with Crippen molar-refractivity contribution < 1.29 is 38.4 Å². The fourth-order valence-corrected chi connectivity index (χ4v) is 3.11. The number of nitrogens with two attached hydrogens (primary N) is 1. The predicted octanol–water partition coefficient (Wildman–Crippen LogP) is 0.543. The van der Waals surface area contributed by atoms with Gasteiger partial charge in [-0.3, -0.25) is 14.4 Å². The minimum atomic E-state index is -2.30. The Kier molecular flexibility index (Phi) is 6.64. The van der Waals surface area contributed by atoms with E-state index in [-0.39, 0.29) is 23.0 Å². The monoisotopic (exact) mass is 430 g/mol. The van der Waals surface area contributed by atoms with Crippen molar-refractivity contribution in [2.45, 2.75) is 39.1 Å². The molecule has 0 aliphatic carbocycles. The van der Waals surface area contributed by atoms with Crippen LogP contribution in [0.25, 0.3) is 0 Å². The molecular weight excluding hydrogens is 411 g/mol. The molecule has 2 rings (SSSR count). The summed E-state index contributed by atoms with van der Waals surface area (Å²) in [6.07, 6.45) is -2.65. The van der Waals surface area contributed by atoms with Gasteiger partial charge in [-0.1, -0.05) is 5.16 Å². The highest BCUT2D eigenvalue weighted by atomic mass is 32.1. The van der Waals surface area contributed by atoms with Crippen molar-refractivity contribution in [2.24, 2.45) is 11.1 Å². The van der Waals surface area contributed by atoms with Crippen LogP contribution in [0.4, 0.5) is 9.52 Å². The minimum absolute atomic E-state index is 0.0703. The van der Waals surface area contributed by atoms with Gasteiger partial charge in [-0.25, -0.2) is 24.1 Å². The summed E-state index contributed by atoms with van der Waals surface area (Å²) in [4.78, 5) is 60.0. The lowest BCUT2D eigenvalue weighted by atomic mass is 9.74. The molecule has 0 bridgehead atoms. The lowest BCUT2D eigenvalue weighted by Crippen LogP contribution is -2.68. The van der Waals surface area contributed by atoms with E-state index >= 15 is 0 Å². The first-order valence-corrected chi connectivity index (χ1v) is 9.14. The van der Waals surface area contributed by atoms with Crippen LogP contribution >= 0.6 is 11.3 Å². The molecule has 29 heavy (non-hydrogen) atoms. The van der Waals surface area contributed by atoms with Gasteiger partial charge in [0.15, 0.2) is 22.4 Å². The van der Waals surface area contributed by atoms with E-state index in [1.54, 1.807) is 0 Å². The molecule has 1 aromatic rings. The standard InChI is InChI=1S/C16H19FN4O7S/c1-7(22)13(17)28-21-14(26)8(16(21,2)3)4-10(23)12(20-27-5-11(24)25)9-6-29-15(18)19-9/h6,8,13H,4-5H2,1-3H3,(H2,18,19)(H,24,25)/b20-12-/t8-,13?/m1/s1. The molecule has 158 valence electrons. The first kappa shape index (κ1) is 22.4. The van der Waals surface area contributed by atoms with Gasteiger partial charge in [-0.05, 0) is 13.8 Å². The number of carbonyl (C=O) groups excluding carboxylic acids is 3. The summed E-state index contributed by atoms with van der Waals surface area (Å²) < 4.78 is 13.5. The van der Waals surface area contributed by atoms with Crippen LogP contribution in [-0.4, -0.2) is 62.8 Å². The van der Waals surface area contributed by atoms with E-state index in [1.807, 2.05) is 0 Å². The molecule has 11 nitrogen and oxygen atoms in total. The fourth-order valence-electron chi connectivity index (χ4n) is 2.57. The predicted molar refractivity (Wildman–Crippen MR) is 97.4 cm³/mol. The van der Waals surface area contributed by atoms with E-state index < -0.39 is 47.9 Å². The van der Waals surface area contributed by atoms with Gasteiger partial charge in [0.2, 0.25) is 6.61 Å². The van der Waals surface area contributed by atoms with Crippen molar-refractivity contribution in [3.8, 4) is 0 Å². The van der Waals surface area contributed by atoms with Crippen LogP contribution in [0.1, 0.15) is 32.9 Å². The van der Waals surface area contributed by atoms with E-state index in [1.165, 1.54) is 19.2 Å². The number of nitrogen functional groups attached to an aromatic ring is 1. The molecule has 1 aromatic heterocycles. The number of β-lactam (4-membered cyclic amide) rings is 1. The number of oxime groups is 1. The zero-order valence-electron chi connectivity index (χ0n) is 15.7. The Labute approximate surface area is 168 Å². The highest BCUT2D eigenvalue weighted by Gasteiger charge is 2.57. The number of carboxylic acids is 1. The van der Waals surface area contributed by atoms with Gasteiger partial charge in [0.05, 0.1) is 11.5 Å². The van der Waals surface area contributed by atoms with Gasteiger partial charge in [0.1, 0.15) is 5.69 Å². The number of halogens is 1. The zero-order chi connectivity index (χ0) is 21.9. The Morgan fingerprint density at radius 2 is 2.14 bits per heavy atom. The molecular formula is C16H19FN4O7S. The van der Waals surface area contributed by atoms with E-state index in [0.717, 1.165) is 23.3 Å². The molecule has 1 fully saturated rings. The molecule has 1 aliphatic heterocycles. The number of anilines is 1. The van der Waals surface area contributed by atoms with Gasteiger partial charge in [-0.2, -0.15) is 0 Å². The molecule has 0 aromatic carbocycles. The van der Waals surface area contributed by atoms with E-state index in [4.69, 9.17) is 15.7 Å². The summed E-state index contributed by atoms with van der Waals surface area (Å²) in [5.74, 6) is -4.44. The van der Waals surface area contributed by atoms with Crippen molar-refractivity contribution in [3.63, 3.8) is 0 Å². The number of aromatic nitrogens is 1. The number of hydrogen-bond acceptors (Lipinski definition) is 10. The average molecular weight is 430 g/mol. The second-order valence-corrected chi connectivity index (χ2v) is 7.57. The Morgan fingerprint density at radius 1 is 1.48 bits per heavy atom. The molecule has 1 saturated heterocycles. The number of alkyl halides is 1. The first-order chi connectivity index (χ1) is 13.4. The van der Waals surface area contributed by atoms with E-state index in [9.17, 15) is 23.6 Å². The van der Waals surface area contributed by atoms with Gasteiger partial charge in [0.25, 0.3) is 12.3 Å². The van der Waals surface area contributed by atoms with Crippen LogP contribution in [0, 0.1) is 5.92 Å². The van der Waals surface area contributed by atoms with Gasteiger partial charge in [0, 0.05) is 18.7 Å². The lowest BCUT2D eigenvalue weighted by Gasteiger charge is -2.52. The molecule has 2 heterocycles. The summed E-state index contributed by atoms with van der Waals surface area (Å²) in [5.41, 5.74) is 4.24. The number of thiazole rings is 1. The number of hydrogen-bond donors (Lipinski definition) is 2. The van der Waals surface area contributed by atoms with Crippen molar-refractivity contribution in [3.05, 3.63) is 11.1 Å². The Bertz CT molecular complexity index is 869. The second-order valence-electron chi connectivity index (χ2n) is 6.68. The van der Waals surface area contributed by atoms with Gasteiger partial charge in [-0.15, -0.1) is 11.3 Å². The molecule has 0 saturated carbocycles. The third-order valence-corrected chi connectivity index (χ3v) is 4.83. The van der Waals surface area contributed by atoms with Crippen LogP contribution in [0.2, 0.25) is 0 Å². The van der Waals surface area contributed by atoms with Crippen LogP contribution in [0.5, 0.6) is 0 Å². The molecule has 1 amide bonds. The quantitative estimate of drug-likeness (QED) is 0.306. The molecule has 0 radical (unpaired) electrons. The van der Waals surface area contributed by atoms with Gasteiger partial charge < -0.3 is 15.7 Å². The number of carboxylic acid groups (broad SMARTS) is 1. The van der Waals surface area contributed by atoms with Crippen LogP contribution in [0.15, 0.2) is 10.5 Å².